The molecule has 2 aromatic carbocycles. The van der Waals surface area contributed by atoms with Crippen LogP contribution < -0.4 is 15.0 Å². The fraction of sp³-hybridized carbons (Fsp3) is 0.176. The minimum atomic E-state index is -0.583. The first-order chi connectivity index (χ1) is 11.9. The lowest BCUT2D eigenvalue weighted by atomic mass is 10.1. The minimum absolute atomic E-state index is 0.0900. The number of hydrogen-bond acceptors (Lipinski definition) is 6. The second-order valence-corrected chi connectivity index (χ2v) is 5.26. The number of benzene rings is 2. The second-order valence-electron chi connectivity index (χ2n) is 5.26. The highest BCUT2D eigenvalue weighted by molar-refractivity contribution is 5.94. The van der Waals surface area contributed by atoms with Crippen LogP contribution in [-0.4, -0.2) is 37.8 Å². The molecule has 0 aliphatic rings. The van der Waals surface area contributed by atoms with Crippen molar-refractivity contribution in [2.75, 3.05) is 30.9 Å². The molecule has 2 aromatic rings. The van der Waals surface area contributed by atoms with Crippen LogP contribution in [0.1, 0.15) is 10.4 Å². The van der Waals surface area contributed by atoms with E-state index in [4.69, 9.17) is 4.74 Å². The standard InChI is InChI=1S/C17H17N3O5/c1-19(15-8-3-12(11-21)9-16(15)20(23)24)10-17(22)18-13-4-6-14(25-2)7-5-13/h3-9,11H,10H2,1-2H3,(H,18,22). The predicted octanol–water partition coefficient (Wildman–Crippen LogP) is 2.49. The lowest BCUT2D eigenvalue weighted by Gasteiger charge is -2.19. The maximum Gasteiger partial charge on any atom is 0.293 e. The van der Waals surface area contributed by atoms with Crippen molar-refractivity contribution >= 4 is 29.3 Å². The van der Waals surface area contributed by atoms with Crippen molar-refractivity contribution in [3.8, 4) is 5.75 Å². The van der Waals surface area contributed by atoms with Crippen LogP contribution in [0.25, 0.3) is 0 Å². The molecule has 0 atom stereocenters. The van der Waals surface area contributed by atoms with Crippen LogP contribution in [0.5, 0.6) is 5.75 Å². The van der Waals surface area contributed by atoms with Crippen molar-refractivity contribution < 1.29 is 19.2 Å². The van der Waals surface area contributed by atoms with Crippen molar-refractivity contribution in [3.63, 3.8) is 0 Å². The summed E-state index contributed by atoms with van der Waals surface area (Å²) in [5, 5.41) is 13.9. The van der Waals surface area contributed by atoms with E-state index in [1.165, 1.54) is 23.1 Å². The van der Waals surface area contributed by atoms with Gasteiger partial charge < -0.3 is 15.0 Å². The Labute approximate surface area is 144 Å². The number of hydrogen-bond donors (Lipinski definition) is 1. The molecule has 8 heteroatoms. The number of amides is 1. The molecule has 130 valence electrons. The van der Waals surface area contributed by atoms with Crippen molar-refractivity contribution in [2.45, 2.75) is 0 Å². The first kappa shape index (κ1) is 17.9. The second kappa shape index (κ2) is 7.91. The lowest BCUT2D eigenvalue weighted by molar-refractivity contribution is -0.384. The van der Waals surface area contributed by atoms with Gasteiger partial charge in [0.15, 0.2) is 0 Å². The molecule has 1 amide bonds. The van der Waals surface area contributed by atoms with Gasteiger partial charge in [0.25, 0.3) is 5.69 Å². The molecule has 0 aliphatic carbocycles. The van der Waals surface area contributed by atoms with E-state index < -0.39 is 4.92 Å². The number of methoxy groups -OCH3 is 1. The van der Waals surface area contributed by atoms with Crippen LogP contribution in [0.3, 0.4) is 0 Å². The van der Waals surface area contributed by atoms with E-state index in [9.17, 15) is 19.7 Å². The van der Waals surface area contributed by atoms with Crippen LogP contribution in [0.2, 0.25) is 0 Å². The molecular formula is C17H17N3O5. The van der Waals surface area contributed by atoms with Gasteiger partial charge in [-0.05, 0) is 36.4 Å². The minimum Gasteiger partial charge on any atom is -0.497 e. The van der Waals surface area contributed by atoms with Gasteiger partial charge in [0.05, 0.1) is 18.6 Å². The molecule has 25 heavy (non-hydrogen) atoms. The quantitative estimate of drug-likeness (QED) is 0.471. The number of nitrogens with one attached hydrogen (secondary N) is 1. The van der Waals surface area contributed by atoms with E-state index in [1.807, 2.05) is 0 Å². The molecule has 0 spiro atoms. The molecule has 0 saturated heterocycles. The number of nitro groups is 1. The Morgan fingerprint density at radius 3 is 2.52 bits per heavy atom. The third-order valence-corrected chi connectivity index (χ3v) is 3.50. The Morgan fingerprint density at radius 2 is 1.96 bits per heavy atom. The fourth-order valence-corrected chi connectivity index (χ4v) is 2.26. The van der Waals surface area contributed by atoms with Gasteiger partial charge in [0, 0.05) is 24.4 Å². The monoisotopic (exact) mass is 343 g/mol. The Balaban J connectivity index is 2.10. The third kappa shape index (κ3) is 4.54. The van der Waals surface area contributed by atoms with Gasteiger partial charge in [-0.15, -0.1) is 0 Å². The van der Waals surface area contributed by atoms with E-state index in [0.29, 0.717) is 17.7 Å². The molecule has 0 radical (unpaired) electrons. The number of carbonyl (C=O) groups excluding carboxylic acids is 2. The Bertz CT molecular complexity index is 789. The zero-order valence-corrected chi connectivity index (χ0v) is 13.8. The van der Waals surface area contributed by atoms with Gasteiger partial charge in [-0.1, -0.05) is 0 Å². The summed E-state index contributed by atoms with van der Waals surface area (Å²) < 4.78 is 5.04. The Kier molecular flexibility index (Phi) is 5.67. The summed E-state index contributed by atoms with van der Waals surface area (Å²) in [6.07, 6.45) is 0.535. The molecule has 0 bridgehead atoms. The molecule has 8 nitrogen and oxygen atoms in total. The number of nitro benzene ring substituents is 1. The molecule has 2 rings (SSSR count). The van der Waals surface area contributed by atoms with Gasteiger partial charge in [-0.3, -0.25) is 19.7 Å². The fourth-order valence-electron chi connectivity index (χ4n) is 2.26. The van der Waals surface area contributed by atoms with Crippen LogP contribution >= 0.6 is 0 Å². The largest absolute Gasteiger partial charge is 0.497 e. The van der Waals surface area contributed by atoms with Crippen LogP contribution in [0, 0.1) is 10.1 Å². The lowest BCUT2D eigenvalue weighted by Crippen LogP contribution is -2.30. The van der Waals surface area contributed by atoms with E-state index in [-0.39, 0.29) is 29.4 Å². The molecular weight excluding hydrogens is 326 g/mol. The summed E-state index contributed by atoms with van der Waals surface area (Å²) in [5.41, 5.74) is 0.807. The van der Waals surface area contributed by atoms with Gasteiger partial charge in [0.2, 0.25) is 5.91 Å². The van der Waals surface area contributed by atoms with Crippen LogP contribution in [-0.2, 0) is 4.79 Å². The summed E-state index contributed by atoms with van der Waals surface area (Å²) in [6.45, 7) is -0.0900. The average molecular weight is 343 g/mol. The number of anilines is 2. The maximum atomic E-state index is 12.1. The van der Waals surface area contributed by atoms with E-state index in [1.54, 1.807) is 38.4 Å². The first-order valence-corrected chi connectivity index (χ1v) is 7.33. The molecule has 0 heterocycles. The maximum absolute atomic E-state index is 12.1. The Hall–Kier alpha value is -3.42. The van der Waals surface area contributed by atoms with Crippen molar-refractivity contribution in [3.05, 3.63) is 58.1 Å². The summed E-state index contributed by atoms with van der Waals surface area (Å²) in [6, 6.07) is 10.9. The summed E-state index contributed by atoms with van der Waals surface area (Å²) in [4.78, 5) is 35.0. The number of rotatable bonds is 7. The molecule has 0 saturated carbocycles. The van der Waals surface area contributed by atoms with Gasteiger partial charge in [0.1, 0.15) is 17.7 Å². The number of ether oxygens (including phenoxy) is 1. The summed E-state index contributed by atoms with van der Waals surface area (Å²) in [7, 11) is 3.11. The molecule has 0 aliphatic heterocycles. The van der Waals surface area contributed by atoms with E-state index in [0.717, 1.165) is 0 Å². The normalized spacial score (nSPS) is 10.0. The SMILES string of the molecule is COc1ccc(NC(=O)CN(C)c2ccc(C=O)cc2[N+](=O)[O-])cc1. The van der Waals surface area contributed by atoms with E-state index >= 15 is 0 Å². The first-order valence-electron chi connectivity index (χ1n) is 7.33. The van der Waals surface area contributed by atoms with Crippen LogP contribution in [0.4, 0.5) is 17.1 Å². The van der Waals surface area contributed by atoms with Gasteiger partial charge in [-0.2, -0.15) is 0 Å². The number of nitrogens with zero attached hydrogens (tertiary/aromatic N) is 2. The summed E-state index contributed by atoms with van der Waals surface area (Å²) >= 11 is 0. The van der Waals surface area contributed by atoms with Crippen LogP contribution in [0.15, 0.2) is 42.5 Å². The number of aldehydes is 1. The zero-order chi connectivity index (χ0) is 18.4. The highest BCUT2D eigenvalue weighted by Gasteiger charge is 2.19. The molecule has 0 aromatic heterocycles. The molecule has 0 unspecified atom stereocenters. The molecule has 0 fully saturated rings. The van der Waals surface area contributed by atoms with Crippen molar-refractivity contribution in [2.24, 2.45) is 0 Å². The third-order valence-electron chi connectivity index (χ3n) is 3.50. The Morgan fingerprint density at radius 1 is 1.28 bits per heavy atom. The van der Waals surface area contributed by atoms with Crippen molar-refractivity contribution in [1.29, 1.82) is 0 Å². The van der Waals surface area contributed by atoms with E-state index in [2.05, 4.69) is 5.32 Å². The highest BCUT2D eigenvalue weighted by Crippen LogP contribution is 2.28. The highest BCUT2D eigenvalue weighted by atomic mass is 16.6. The number of carbonyl (C=O) groups is 2. The predicted molar refractivity (Wildman–Crippen MR) is 93.4 cm³/mol. The summed E-state index contributed by atoms with van der Waals surface area (Å²) in [5.74, 6) is 0.336. The van der Waals surface area contributed by atoms with Crippen molar-refractivity contribution in [1.82, 2.24) is 0 Å². The smallest absolute Gasteiger partial charge is 0.293 e. The average Bonchev–Trinajstić information content (AvgIpc) is 2.61. The van der Waals surface area contributed by atoms with Gasteiger partial charge >= 0.3 is 0 Å². The topological polar surface area (TPSA) is 102 Å². The zero-order valence-electron chi connectivity index (χ0n) is 13.8. The van der Waals surface area contributed by atoms with Gasteiger partial charge in [-0.25, -0.2) is 0 Å². The number of likely N-dealkylation sites (N-methyl/N-ethyl adjacent to an activating group) is 1. The molecule has 1 N–H and O–H groups in total.